The molecule has 0 radical (unpaired) electrons. The summed E-state index contributed by atoms with van der Waals surface area (Å²) in [6.07, 6.45) is -6.77. The van der Waals surface area contributed by atoms with Gasteiger partial charge in [0.15, 0.2) is 0 Å². The Morgan fingerprint density at radius 3 is 2.04 bits per heavy atom. The minimum atomic E-state index is -4.87. The number of rotatable bonds is 6. The van der Waals surface area contributed by atoms with Gasteiger partial charge in [0.2, 0.25) is 0 Å². The van der Waals surface area contributed by atoms with Crippen molar-refractivity contribution in [3.63, 3.8) is 0 Å². The van der Waals surface area contributed by atoms with E-state index in [0.717, 1.165) is 13.0 Å². The quantitative estimate of drug-likeness (QED) is 0.714. The number of halogens is 6. The Morgan fingerprint density at radius 2 is 1.54 bits per heavy atom. The highest BCUT2D eigenvalue weighted by molar-refractivity contribution is 5.33. The van der Waals surface area contributed by atoms with Gasteiger partial charge < -0.3 is 4.90 Å². The molecule has 0 atom stereocenters. The minimum absolute atomic E-state index is 0.109. The Hall–Kier alpha value is -2.10. The Labute approximate surface area is 146 Å². The molecule has 0 aliphatic heterocycles. The van der Waals surface area contributed by atoms with Gasteiger partial charge in [-0.15, -0.1) is 5.10 Å². The monoisotopic (exact) mass is 380 g/mol. The zero-order chi connectivity index (χ0) is 19.5. The number of aryl methyl sites for hydroxylation is 1. The summed E-state index contributed by atoms with van der Waals surface area (Å²) in [5.41, 5.74) is -2.19. The van der Waals surface area contributed by atoms with Gasteiger partial charge in [0, 0.05) is 6.20 Å². The lowest BCUT2D eigenvalue weighted by Crippen LogP contribution is -2.13. The van der Waals surface area contributed by atoms with Crippen LogP contribution in [0.3, 0.4) is 0 Å². The van der Waals surface area contributed by atoms with Gasteiger partial charge in [0.05, 0.1) is 23.4 Å². The van der Waals surface area contributed by atoms with Gasteiger partial charge >= 0.3 is 12.4 Å². The maximum Gasteiger partial charge on any atom is 0.416 e. The van der Waals surface area contributed by atoms with E-state index in [1.807, 2.05) is 19.0 Å². The van der Waals surface area contributed by atoms with Crippen LogP contribution in [0.2, 0.25) is 0 Å². The van der Waals surface area contributed by atoms with E-state index in [9.17, 15) is 26.3 Å². The van der Waals surface area contributed by atoms with E-state index in [1.54, 1.807) is 0 Å². The van der Waals surface area contributed by atoms with Crippen molar-refractivity contribution in [3.05, 3.63) is 46.8 Å². The maximum atomic E-state index is 12.9. The highest BCUT2D eigenvalue weighted by atomic mass is 19.4. The molecule has 0 saturated carbocycles. The highest BCUT2D eigenvalue weighted by Gasteiger charge is 2.36. The molecule has 1 aromatic heterocycles. The number of hydrogen-bond donors (Lipinski definition) is 0. The van der Waals surface area contributed by atoms with Crippen LogP contribution in [0.25, 0.3) is 0 Å². The zero-order valence-corrected chi connectivity index (χ0v) is 14.2. The third-order valence-corrected chi connectivity index (χ3v) is 3.62. The van der Waals surface area contributed by atoms with Gasteiger partial charge in [-0.2, -0.15) is 26.3 Å². The Bertz CT molecular complexity index is 701. The van der Waals surface area contributed by atoms with Gasteiger partial charge in [0.1, 0.15) is 0 Å². The molecule has 10 heteroatoms. The summed E-state index contributed by atoms with van der Waals surface area (Å²) in [5, 5.41) is 7.69. The first-order valence-electron chi connectivity index (χ1n) is 7.77. The van der Waals surface area contributed by atoms with E-state index in [2.05, 4.69) is 10.3 Å². The molecule has 0 saturated heterocycles. The molecule has 0 unspecified atom stereocenters. The molecule has 1 aromatic carbocycles. The van der Waals surface area contributed by atoms with Crippen molar-refractivity contribution in [1.29, 1.82) is 0 Å². The molecule has 0 aliphatic rings. The van der Waals surface area contributed by atoms with Crippen LogP contribution in [0.1, 0.15) is 28.8 Å². The second-order valence-electron chi connectivity index (χ2n) is 6.23. The molecular weight excluding hydrogens is 362 g/mol. The normalized spacial score (nSPS) is 12.8. The van der Waals surface area contributed by atoms with Crippen LogP contribution >= 0.6 is 0 Å². The SMILES string of the molecule is CN(C)CCCc1cn(Cc2cc(C(F)(F)F)cc(C(F)(F)F)c2)nn1. The average molecular weight is 380 g/mol. The summed E-state index contributed by atoms with van der Waals surface area (Å²) in [6, 6.07) is 1.50. The topological polar surface area (TPSA) is 34.0 Å². The smallest absolute Gasteiger partial charge is 0.309 e. The molecular formula is C16H18F6N4. The summed E-state index contributed by atoms with van der Waals surface area (Å²) in [7, 11) is 3.84. The predicted octanol–water partition coefficient (Wildman–Crippen LogP) is 3.86. The average Bonchev–Trinajstić information content (AvgIpc) is 2.92. The van der Waals surface area contributed by atoms with Crippen molar-refractivity contribution in [2.75, 3.05) is 20.6 Å². The predicted molar refractivity (Wildman–Crippen MR) is 82.4 cm³/mol. The van der Waals surface area contributed by atoms with Crippen molar-refractivity contribution < 1.29 is 26.3 Å². The fourth-order valence-corrected chi connectivity index (χ4v) is 2.40. The van der Waals surface area contributed by atoms with Crippen molar-refractivity contribution in [2.24, 2.45) is 0 Å². The number of nitrogens with zero attached hydrogens (tertiary/aromatic N) is 4. The van der Waals surface area contributed by atoms with E-state index >= 15 is 0 Å². The number of aromatic nitrogens is 3. The Morgan fingerprint density at radius 1 is 0.962 bits per heavy atom. The summed E-state index contributed by atoms with van der Waals surface area (Å²) < 4.78 is 78.5. The lowest BCUT2D eigenvalue weighted by molar-refractivity contribution is -0.143. The molecule has 0 spiro atoms. The van der Waals surface area contributed by atoms with E-state index in [4.69, 9.17) is 0 Å². The van der Waals surface area contributed by atoms with Gasteiger partial charge in [-0.1, -0.05) is 5.21 Å². The van der Waals surface area contributed by atoms with Crippen LogP contribution < -0.4 is 0 Å². The van der Waals surface area contributed by atoms with Crippen molar-refractivity contribution in [2.45, 2.75) is 31.7 Å². The molecule has 0 amide bonds. The Kier molecular flexibility index (Phi) is 5.94. The fourth-order valence-electron chi connectivity index (χ4n) is 2.40. The molecule has 26 heavy (non-hydrogen) atoms. The highest BCUT2D eigenvalue weighted by Crippen LogP contribution is 2.36. The van der Waals surface area contributed by atoms with E-state index < -0.39 is 23.5 Å². The lowest BCUT2D eigenvalue weighted by Gasteiger charge is -2.14. The van der Waals surface area contributed by atoms with Crippen LogP contribution in [-0.4, -0.2) is 40.5 Å². The Balaban J connectivity index is 2.19. The van der Waals surface area contributed by atoms with Crippen molar-refractivity contribution >= 4 is 0 Å². The number of benzene rings is 1. The summed E-state index contributed by atoms with van der Waals surface area (Å²) in [6.45, 7) is 0.600. The van der Waals surface area contributed by atoms with Gasteiger partial charge in [-0.25, -0.2) is 4.68 Å². The minimum Gasteiger partial charge on any atom is -0.309 e. The molecule has 0 N–H and O–H groups in total. The van der Waals surface area contributed by atoms with Crippen molar-refractivity contribution in [3.8, 4) is 0 Å². The van der Waals surface area contributed by atoms with E-state index in [1.165, 1.54) is 10.9 Å². The summed E-state index contributed by atoms with van der Waals surface area (Å²) in [5.74, 6) is 0. The van der Waals surface area contributed by atoms with Gasteiger partial charge in [0.25, 0.3) is 0 Å². The van der Waals surface area contributed by atoms with Crippen molar-refractivity contribution in [1.82, 2.24) is 19.9 Å². The standard InChI is InChI=1S/C16H18F6N4/c1-25(2)5-3-4-14-10-26(24-23-14)9-11-6-12(15(17,18)19)8-13(7-11)16(20,21)22/h6-8,10H,3-5,9H2,1-2H3. The lowest BCUT2D eigenvalue weighted by atomic mass is 10.0. The molecule has 4 nitrogen and oxygen atoms in total. The van der Waals surface area contributed by atoms with Crippen LogP contribution in [0.15, 0.2) is 24.4 Å². The van der Waals surface area contributed by atoms with Crippen LogP contribution in [0, 0.1) is 0 Å². The fraction of sp³-hybridized carbons (Fsp3) is 0.500. The first-order valence-corrected chi connectivity index (χ1v) is 7.77. The summed E-state index contributed by atoms with van der Waals surface area (Å²) >= 11 is 0. The molecule has 0 aliphatic carbocycles. The molecule has 2 aromatic rings. The number of alkyl halides is 6. The molecule has 0 fully saturated rings. The van der Waals surface area contributed by atoms with E-state index in [0.29, 0.717) is 24.2 Å². The molecule has 2 rings (SSSR count). The van der Waals surface area contributed by atoms with Crippen LogP contribution in [-0.2, 0) is 25.3 Å². The van der Waals surface area contributed by atoms with Crippen LogP contribution in [0.5, 0.6) is 0 Å². The second kappa shape index (κ2) is 7.65. The first-order chi connectivity index (χ1) is 11.9. The maximum absolute atomic E-state index is 12.9. The molecule has 0 bridgehead atoms. The summed E-state index contributed by atoms with van der Waals surface area (Å²) in [4.78, 5) is 1.99. The first kappa shape index (κ1) is 20.2. The molecule has 144 valence electrons. The second-order valence-corrected chi connectivity index (χ2v) is 6.23. The van der Waals surface area contributed by atoms with Gasteiger partial charge in [-0.3, -0.25) is 0 Å². The van der Waals surface area contributed by atoms with E-state index in [-0.39, 0.29) is 18.2 Å². The largest absolute Gasteiger partial charge is 0.416 e. The third kappa shape index (κ3) is 5.72. The number of hydrogen-bond acceptors (Lipinski definition) is 3. The third-order valence-electron chi connectivity index (χ3n) is 3.62. The van der Waals surface area contributed by atoms with Gasteiger partial charge in [-0.05, 0) is 57.2 Å². The molecule has 1 heterocycles. The zero-order valence-electron chi connectivity index (χ0n) is 14.2. The van der Waals surface area contributed by atoms with Crippen LogP contribution in [0.4, 0.5) is 26.3 Å².